The van der Waals surface area contributed by atoms with Gasteiger partial charge in [-0.3, -0.25) is 4.90 Å². The lowest BCUT2D eigenvalue weighted by Crippen LogP contribution is -2.56. The van der Waals surface area contributed by atoms with Gasteiger partial charge in [-0.05, 0) is 51.3 Å². The number of rotatable bonds is 4. The van der Waals surface area contributed by atoms with Gasteiger partial charge in [0.25, 0.3) is 0 Å². The van der Waals surface area contributed by atoms with Crippen LogP contribution in [0.15, 0.2) is 41.8 Å². The Kier molecular flexibility index (Phi) is 7.70. The first kappa shape index (κ1) is 24.4. The van der Waals surface area contributed by atoms with Crippen LogP contribution < -0.4 is 0 Å². The van der Waals surface area contributed by atoms with Crippen LogP contribution in [0.5, 0.6) is 0 Å². The van der Waals surface area contributed by atoms with Gasteiger partial charge in [-0.15, -0.1) is 6.58 Å². The zero-order chi connectivity index (χ0) is 22.6. The van der Waals surface area contributed by atoms with Crippen LogP contribution in [0.4, 0.5) is 13.2 Å². The molecule has 2 fully saturated rings. The van der Waals surface area contributed by atoms with Gasteiger partial charge >= 0.3 is 12.1 Å². The molecule has 2 saturated heterocycles. The highest BCUT2D eigenvalue weighted by Gasteiger charge is 2.46. The zero-order valence-corrected chi connectivity index (χ0v) is 17.7. The van der Waals surface area contributed by atoms with Crippen molar-refractivity contribution in [2.24, 2.45) is 0 Å². The Morgan fingerprint density at radius 2 is 1.73 bits per heavy atom. The predicted molar refractivity (Wildman–Crippen MR) is 107 cm³/mol. The van der Waals surface area contributed by atoms with Gasteiger partial charge in [-0.25, -0.2) is 13.2 Å². The van der Waals surface area contributed by atoms with Gasteiger partial charge in [0, 0.05) is 25.2 Å². The van der Waals surface area contributed by atoms with Crippen molar-refractivity contribution in [1.82, 2.24) is 9.21 Å². The number of halogens is 3. The first-order valence-electron chi connectivity index (χ1n) is 9.65. The molecular weight excluding hydrogens is 421 g/mol. The monoisotopic (exact) mass is 448 g/mol. The molecule has 1 aromatic carbocycles. The van der Waals surface area contributed by atoms with Crippen molar-refractivity contribution in [3.63, 3.8) is 0 Å². The summed E-state index contributed by atoms with van der Waals surface area (Å²) in [5.41, 5.74) is 1.08. The molecule has 2 heterocycles. The Morgan fingerprint density at radius 3 is 2.23 bits per heavy atom. The number of carbonyl (C=O) groups is 1. The van der Waals surface area contributed by atoms with Gasteiger partial charge < -0.3 is 5.11 Å². The molecular formula is C20H27F3N2O4S. The van der Waals surface area contributed by atoms with Crippen LogP contribution in [0.2, 0.25) is 0 Å². The molecule has 1 spiro atoms. The number of sulfonamides is 1. The summed E-state index contributed by atoms with van der Waals surface area (Å²) in [5.74, 6) is -2.76. The molecule has 0 aromatic heterocycles. The lowest BCUT2D eigenvalue weighted by atomic mass is 9.87. The highest BCUT2D eigenvalue weighted by atomic mass is 32.2. The maximum Gasteiger partial charge on any atom is 0.490 e. The Labute approximate surface area is 175 Å². The molecule has 3 rings (SSSR count). The SMILES string of the molecule is C=CCN1CCCC12CCCN(S(=O)(=O)c1ccc(C)cc1)C2.O=C(O)C(F)(F)F. The molecule has 0 amide bonds. The summed E-state index contributed by atoms with van der Waals surface area (Å²) in [4.78, 5) is 11.7. The molecule has 0 saturated carbocycles. The Bertz CT molecular complexity index is 856. The number of carboxylic acids is 1. The second kappa shape index (κ2) is 9.49. The molecule has 6 nitrogen and oxygen atoms in total. The van der Waals surface area contributed by atoms with E-state index in [4.69, 9.17) is 9.90 Å². The highest BCUT2D eigenvalue weighted by molar-refractivity contribution is 7.89. The predicted octanol–water partition coefficient (Wildman–Crippen LogP) is 3.43. The molecule has 30 heavy (non-hydrogen) atoms. The number of likely N-dealkylation sites (tertiary alicyclic amines) is 1. The third kappa shape index (κ3) is 5.61. The average Bonchev–Trinajstić information content (AvgIpc) is 3.04. The Morgan fingerprint density at radius 1 is 1.20 bits per heavy atom. The van der Waals surface area contributed by atoms with E-state index in [1.807, 2.05) is 25.1 Å². The smallest absolute Gasteiger partial charge is 0.475 e. The van der Waals surface area contributed by atoms with Crippen LogP contribution >= 0.6 is 0 Å². The second-order valence-corrected chi connectivity index (χ2v) is 9.56. The van der Waals surface area contributed by atoms with Crippen LogP contribution in [0.25, 0.3) is 0 Å². The van der Waals surface area contributed by atoms with E-state index in [0.29, 0.717) is 18.0 Å². The summed E-state index contributed by atoms with van der Waals surface area (Å²) < 4.78 is 59.4. The largest absolute Gasteiger partial charge is 0.490 e. The van der Waals surface area contributed by atoms with Crippen molar-refractivity contribution in [3.05, 3.63) is 42.5 Å². The molecule has 0 aliphatic carbocycles. The maximum absolute atomic E-state index is 13.0. The molecule has 0 radical (unpaired) electrons. The van der Waals surface area contributed by atoms with E-state index in [1.165, 1.54) is 0 Å². The van der Waals surface area contributed by atoms with Crippen molar-refractivity contribution < 1.29 is 31.5 Å². The minimum atomic E-state index is -5.08. The fourth-order valence-corrected chi connectivity index (χ4v) is 5.59. The molecule has 2 aliphatic rings. The number of aliphatic carboxylic acids is 1. The number of hydrogen-bond acceptors (Lipinski definition) is 4. The molecule has 10 heteroatoms. The summed E-state index contributed by atoms with van der Waals surface area (Å²) >= 11 is 0. The normalized spacial score (nSPS) is 23.1. The molecule has 1 N–H and O–H groups in total. The first-order chi connectivity index (χ1) is 13.9. The van der Waals surface area contributed by atoms with Gasteiger partial charge in [-0.1, -0.05) is 23.8 Å². The number of nitrogens with zero attached hydrogens (tertiary/aromatic N) is 2. The Balaban J connectivity index is 0.000000396. The lowest BCUT2D eigenvalue weighted by Gasteiger charge is -2.45. The number of benzene rings is 1. The van der Waals surface area contributed by atoms with Crippen LogP contribution in [0.3, 0.4) is 0 Å². The fourth-order valence-electron chi connectivity index (χ4n) is 4.03. The quantitative estimate of drug-likeness (QED) is 0.714. The van der Waals surface area contributed by atoms with E-state index in [9.17, 15) is 21.6 Å². The van der Waals surface area contributed by atoms with Gasteiger partial charge in [-0.2, -0.15) is 17.5 Å². The second-order valence-electron chi connectivity index (χ2n) is 7.62. The minimum absolute atomic E-state index is 0.00417. The van der Waals surface area contributed by atoms with Crippen molar-refractivity contribution in [3.8, 4) is 0 Å². The lowest BCUT2D eigenvalue weighted by molar-refractivity contribution is -0.192. The zero-order valence-electron chi connectivity index (χ0n) is 16.9. The molecule has 1 unspecified atom stereocenters. The van der Waals surface area contributed by atoms with Gasteiger partial charge in [0.05, 0.1) is 4.90 Å². The van der Waals surface area contributed by atoms with E-state index in [2.05, 4.69) is 11.5 Å². The number of alkyl halides is 3. The highest BCUT2D eigenvalue weighted by Crippen LogP contribution is 2.38. The number of piperidine rings is 1. The van der Waals surface area contributed by atoms with Gasteiger partial charge in [0.1, 0.15) is 0 Å². The van der Waals surface area contributed by atoms with Crippen LogP contribution in [0, 0.1) is 6.92 Å². The summed E-state index contributed by atoms with van der Waals surface area (Å²) in [6.45, 7) is 8.95. The van der Waals surface area contributed by atoms with E-state index < -0.39 is 22.2 Å². The van der Waals surface area contributed by atoms with E-state index in [-0.39, 0.29) is 5.54 Å². The number of aryl methyl sites for hydroxylation is 1. The summed E-state index contributed by atoms with van der Waals surface area (Å²) in [7, 11) is -3.40. The van der Waals surface area contributed by atoms with Crippen LogP contribution in [0.1, 0.15) is 31.2 Å². The third-order valence-corrected chi connectivity index (χ3v) is 7.37. The minimum Gasteiger partial charge on any atom is -0.475 e. The number of hydrogen-bond donors (Lipinski definition) is 1. The summed E-state index contributed by atoms with van der Waals surface area (Å²) in [5, 5.41) is 7.12. The van der Waals surface area contributed by atoms with E-state index >= 15 is 0 Å². The summed E-state index contributed by atoms with van der Waals surface area (Å²) in [6, 6.07) is 7.18. The van der Waals surface area contributed by atoms with Crippen molar-refractivity contribution >= 4 is 16.0 Å². The fraction of sp³-hybridized carbons (Fsp3) is 0.550. The van der Waals surface area contributed by atoms with Gasteiger partial charge in [0.2, 0.25) is 10.0 Å². The first-order valence-corrected chi connectivity index (χ1v) is 11.1. The van der Waals surface area contributed by atoms with Gasteiger partial charge in [0.15, 0.2) is 0 Å². The van der Waals surface area contributed by atoms with E-state index in [0.717, 1.165) is 44.3 Å². The van der Waals surface area contributed by atoms with E-state index in [1.54, 1.807) is 16.4 Å². The molecule has 1 atom stereocenters. The van der Waals surface area contributed by atoms with Crippen molar-refractivity contribution in [2.45, 2.75) is 49.2 Å². The van der Waals surface area contributed by atoms with Crippen LogP contribution in [-0.4, -0.2) is 66.6 Å². The molecule has 0 bridgehead atoms. The number of carboxylic acid groups (broad SMARTS) is 1. The average molecular weight is 449 g/mol. The molecule has 2 aliphatic heterocycles. The summed E-state index contributed by atoms with van der Waals surface area (Å²) in [6.07, 6.45) is 1.09. The van der Waals surface area contributed by atoms with Crippen molar-refractivity contribution in [2.75, 3.05) is 26.2 Å². The van der Waals surface area contributed by atoms with Crippen LogP contribution in [-0.2, 0) is 14.8 Å². The topological polar surface area (TPSA) is 77.9 Å². The molecule has 1 aromatic rings. The molecule has 168 valence electrons. The third-order valence-electron chi connectivity index (χ3n) is 5.51. The maximum atomic E-state index is 13.0. The Hall–Kier alpha value is -1.91. The standard InChI is InChI=1S/C18H26N2O2S.C2HF3O2/c1-3-12-19-13-4-10-18(19)11-5-14-20(15-18)23(21,22)17-8-6-16(2)7-9-17;3-2(4,5)1(6)7/h3,6-9H,1,4-5,10-15H2,2H3;(H,6,7). The van der Waals surface area contributed by atoms with Crippen molar-refractivity contribution in [1.29, 1.82) is 0 Å².